The van der Waals surface area contributed by atoms with Crippen molar-refractivity contribution in [2.24, 2.45) is 0 Å². The van der Waals surface area contributed by atoms with Crippen molar-refractivity contribution in [1.29, 1.82) is 0 Å². The number of carbonyl (C=O) groups is 2. The molecule has 2 aromatic carbocycles. The molecule has 0 aliphatic carbocycles. The third-order valence-corrected chi connectivity index (χ3v) is 4.75. The Morgan fingerprint density at radius 2 is 1.63 bits per heavy atom. The number of alkyl halides is 3. The third kappa shape index (κ3) is 6.40. The van der Waals surface area contributed by atoms with Crippen LogP contribution in [0, 0.1) is 0 Å². The van der Waals surface area contributed by atoms with Gasteiger partial charge in [-0.15, -0.1) is 13.2 Å². The monoisotopic (exact) mass is 421 g/mol. The number of carbonyl (C=O) groups excluding carboxylic acids is 2. The molecule has 2 N–H and O–H groups in total. The second-order valence-corrected chi connectivity index (χ2v) is 6.95. The Kier molecular flexibility index (Phi) is 6.81. The molecular formula is C21H22F3N3O3. The van der Waals surface area contributed by atoms with Gasteiger partial charge in [0.1, 0.15) is 5.75 Å². The lowest BCUT2D eigenvalue weighted by atomic mass is 10.0. The van der Waals surface area contributed by atoms with E-state index < -0.39 is 6.36 Å². The summed E-state index contributed by atoms with van der Waals surface area (Å²) in [6, 6.07) is 14.0. The number of urea groups is 1. The van der Waals surface area contributed by atoms with Crippen LogP contribution in [0.25, 0.3) is 0 Å². The molecule has 0 spiro atoms. The number of nitrogens with one attached hydrogen (secondary N) is 2. The first kappa shape index (κ1) is 21.5. The Balaban J connectivity index is 1.40. The molecule has 2 aromatic rings. The lowest BCUT2D eigenvalue weighted by Crippen LogP contribution is -2.49. The van der Waals surface area contributed by atoms with Crippen LogP contribution in [0.4, 0.5) is 18.0 Å². The molecule has 1 aliphatic rings. The van der Waals surface area contributed by atoms with Crippen molar-refractivity contribution < 1.29 is 27.5 Å². The number of nitrogens with zero attached hydrogens (tertiary/aromatic N) is 1. The predicted octanol–water partition coefficient (Wildman–Crippen LogP) is 3.69. The molecule has 1 saturated heterocycles. The van der Waals surface area contributed by atoms with Gasteiger partial charge in [0, 0.05) is 31.2 Å². The fourth-order valence-corrected chi connectivity index (χ4v) is 3.18. The number of amides is 3. The molecule has 160 valence electrons. The Morgan fingerprint density at radius 3 is 2.23 bits per heavy atom. The van der Waals surface area contributed by atoms with Crippen LogP contribution in [-0.2, 0) is 6.54 Å². The minimum absolute atomic E-state index is 0.00272. The number of piperidine rings is 1. The van der Waals surface area contributed by atoms with E-state index >= 15 is 0 Å². The van der Waals surface area contributed by atoms with Gasteiger partial charge in [-0.2, -0.15) is 0 Å². The zero-order chi connectivity index (χ0) is 21.6. The number of ether oxygens (including phenoxy) is 1. The SMILES string of the molecule is O=C(NC1CCN(C(=O)NCc2ccc(OC(F)(F)F)cc2)CC1)c1ccccc1. The zero-order valence-electron chi connectivity index (χ0n) is 16.1. The molecule has 0 radical (unpaired) electrons. The maximum atomic E-state index is 12.3. The van der Waals surface area contributed by atoms with Gasteiger partial charge in [-0.25, -0.2) is 4.79 Å². The van der Waals surface area contributed by atoms with Gasteiger partial charge < -0.3 is 20.3 Å². The minimum atomic E-state index is -4.73. The second kappa shape index (κ2) is 9.51. The molecule has 1 aliphatic heterocycles. The van der Waals surface area contributed by atoms with E-state index in [4.69, 9.17) is 0 Å². The molecule has 0 saturated carbocycles. The topological polar surface area (TPSA) is 70.7 Å². The number of likely N-dealkylation sites (tertiary alicyclic amines) is 1. The van der Waals surface area contributed by atoms with Crippen LogP contribution in [0.5, 0.6) is 5.75 Å². The highest BCUT2D eigenvalue weighted by molar-refractivity contribution is 5.94. The maximum absolute atomic E-state index is 12.3. The predicted molar refractivity (Wildman–Crippen MR) is 104 cm³/mol. The molecule has 0 aromatic heterocycles. The molecule has 6 nitrogen and oxygen atoms in total. The molecule has 0 bridgehead atoms. The van der Waals surface area contributed by atoms with Gasteiger partial charge in [-0.1, -0.05) is 30.3 Å². The summed E-state index contributed by atoms with van der Waals surface area (Å²) < 4.78 is 40.4. The molecule has 1 heterocycles. The van der Waals surface area contributed by atoms with Crippen LogP contribution in [0.3, 0.4) is 0 Å². The van der Waals surface area contributed by atoms with Crippen molar-refractivity contribution in [2.75, 3.05) is 13.1 Å². The highest BCUT2D eigenvalue weighted by Gasteiger charge is 2.31. The van der Waals surface area contributed by atoms with Crippen molar-refractivity contribution in [1.82, 2.24) is 15.5 Å². The van der Waals surface area contributed by atoms with Crippen LogP contribution in [0.2, 0.25) is 0 Å². The molecule has 1 fully saturated rings. The fourth-order valence-electron chi connectivity index (χ4n) is 3.18. The average molecular weight is 421 g/mol. The maximum Gasteiger partial charge on any atom is 0.573 e. The van der Waals surface area contributed by atoms with Crippen LogP contribution in [-0.4, -0.2) is 42.3 Å². The van der Waals surface area contributed by atoms with Gasteiger partial charge in [0.2, 0.25) is 0 Å². The van der Waals surface area contributed by atoms with Gasteiger partial charge in [-0.3, -0.25) is 4.79 Å². The first-order valence-electron chi connectivity index (χ1n) is 9.53. The highest BCUT2D eigenvalue weighted by Crippen LogP contribution is 2.22. The largest absolute Gasteiger partial charge is 0.573 e. The van der Waals surface area contributed by atoms with Gasteiger partial charge in [0.15, 0.2) is 0 Å². The summed E-state index contributed by atoms with van der Waals surface area (Å²) >= 11 is 0. The van der Waals surface area contributed by atoms with Crippen LogP contribution in [0.1, 0.15) is 28.8 Å². The van der Waals surface area contributed by atoms with E-state index in [1.165, 1.54) is 24.3 Å². The summed E-state index contributed by atoms with van der Waals surface area (Å²) in [5.41, 5.74) is 1.26. The Bertz CT molecular complexity index is 849. The first-order chi connectivity index (χ1) is 14.3. The standard InChI is InChI=1S/C21H22F3N3O3/c22-21(23,24)30-18-8-6-15(7-9-18)14-25-20(29)27-12-10-17(11-13-27)26-19(28)16-4-2-1-3-5-16/h1-9,17H,10-14H2,(H,25,29)(H,26,28). The third-order valence-electron chi connectivity index (χ3n) is 4.75. The summed E-state index contributed by atoms with van der Waals surface area (Å²) in [4.78, 5) is 26.2. The van der Waals surface area contributed by atoms with Crippen molar-refractivity contribution in [3.8, 4) is 5.75 Å². The molecule has 9 heteroatoms. The summed E-state index contributed by atoms with van der Waals surface area (Å²) in [5.74, 6) is -0.436. The van der Waals surface area contributed by atoms with Crippen LogP contribution >= 0.6 is 0 Å². The van der Waals surface area contributed by atoms with Crippen molar-refractivity contribution in [3.05, 3.63) is 65.7 Å². The van der Waals surface area contributed by atoms with Crippen LogP contribution in [0.15, 0.2) is 54.6 Å². The van der Waals surface area contributed by atoms with Gasteiger partial charge in [-0.05, 0) is 42.7 Å². The van der Waals surface area contributed by atoms with Crippen molar-refractivity contribution in [3.63, 3.8) is 0 Å². The molecule has 0 atom stereocenters. The van der Waals surface area contributed by atoms with E-state index in [1.54, 1.807) is 29.2 Å². The number of hydrogen-bond acceptors (Lipinski definition) is 3. The molecule has 30 heavy (non-hydrogen) atoms. The normalized spacial score (nSPS) is 14.8. The van der Waals surface area contributed by atoms with E-state index in [0.717, 1.165) is 0 Å². The Morgan fingerprint density at radius 1 is 1.00 bits per heavy atom. The van der Waals surface area contributed by atoms with Gasteiger partial charge in [0.05, 0.1) is 0 Å². The van der Waals surface area contributed by atoms with Gasteiger partial charge in [0.25, 0.3) is 5.91 Å². The van der Waals surface area contributed by atoms with E-state index in [-0.39, 0.29) is 30.3 Å². The van der Waals surface area contributed by atoms with E-state index in [2.05, 4.69) is 15.4 Å². The van der Waals surface area contributed by atoms with E-state index in [9.17, 15) is 22.8 Å². The van der Waals surface area contributed by atoms with Crippen molar-refractivity contribution >= 4 is 11.9 Å². The molecule has 3 rings (SSSR count). The highest BCUT2D eigenvalue weighted by atomic mass is 19.4. The number of benzene rings is 2. The smallest absolute Gasteiger partial charge is 0.406 e. The fraction of sp³-hybridized carbons (Fsp3) is 0.333. The Hall–Kier alpha value is -3.23. The summed E-state index contributed by atoms with van der Waals surface area (Å²) in [6.07, 6.45) is -3.44. The molecular weight excluding hydrogens is 399 g/mol. The zero-order valence-corrected chi connectivity index (χ0v) is 16.1. The number of halogens is 3. The lowest BCUT2D eigenvalue weighted by molar-refractivity contribution is -0.274. The molecule has 3 amide bonds. The number of hydrogen-bond donors (Lipinski definition) is 2. The van der Waals surface area contributed by atoms with Crippen molar-refractivity contribution in [2.45, 2.75) is 31.8 Å². The Labute approximate surface area is 172 Å². The number of rotatable bonds is 5. The lowest BCUT2D eigenvalue weighted by Gasteiger charge is -2.32. The van der Waals surface area contributed by atoms with E-state index in [1.807, 2.05) is 6.07 Å². The second-order valence-electron chi connectivity index (χ2n) is 6.95. The quantitative estimate of drug-likeness (QED) is 0.774. The summed E-state index contributed by atoms with van der Waals surface area (Å²) in [5, 5.41) is 5.74. The molecule has 0 unspecified atom stereocenters. The summed E-state index contributed by atoms with van der Waals surface area (Å²) in [7, 11) is 0. The average Bonchev–Trinajstić information content (AvgIpc) is 2.73. The summed E-state index contributed by atoms with van der Waals surface area (Å²) in [6.45, 7) is 1.20. The minimum Gasteiger partial charge on any atom is -0.406 e. The van der Waals surface area contributed by atoms with Gasteiger partial charge >= 0.3 is 12.4 Å². The first-order valence-corrected chi connectivity index (χ1v) is 9.53. The van der Waals surface area contributed by atoms with Crippen LogP contribution < -0.4 is 15.4 Å². The van der Waals surface area contributed by atoms with E-state index in [0.29, 0.717) is 37.1 Å².